The standard InChI is InChI=1S/C25H26O7/c1-3-29-22-11-7-5-9-19(22)13-15-24(27)31-17-21(26)18-32-25(28)16-14-20-10-6-8-12-23(20)30-4-2/h5-16H,3-4,17-18H2,1-2H3/b15-13+,16-14+. The number of rotatable bonds is 12. The van der Waals surface area contributed by atoms with Crippen LogP contribution in [-0.2, 0) is 23.9 Å². The fourth-order valence-electron chi connectivity index (χ4n) is 2.57. The highest BCUT2D eigenvalue weighted by Gasteiger charge is 2.09. The first-order chi connectivity index (χ1) is 15.5. The quantitative estimate of drug-likeness (QED) is 0.367. The molecule has 0 amide bonds. The van der Waals surface area contributed by atoms with E-state index in [0.717, 1.165) is 0 Å². The van der Waals surface area contributed by atoms with Gasteiger partial charge >= 0.3 is 11.9 Å². The van der Waals surface area contributed by atoms with E-state index >= 15 is 0 Å². The van der Waals surface area contributed by atoms with Gasteiger partial charge in [-0.3, -0.25) is 4.79 Å². The molecule has 0 fully saturated rings. The highest BCUT2D eigenvalue weighted by molar-refractivity contribution is 5.92. The molecule has 0 unspecified atom stereocenters. The van der Waals surface area contributed by atoms with E-state index in [1.807, 2.05) is 38.1 Å². The Bertz CT molecular complexity index is 898. The first kappa shape index (κ1) is 24.4. The number of esters is 2. The van der Waals surface area contributed by atoms with E-state index in [0.29, 0.717) is 35.8 Å². The van der Waals surface area contributed by atoms with E-state index in [1.54, 1.807) is 36.4 Å². The lowest BCUT2D eigenvalue weighted by Gasteiger charge is -2.06. The molecule has 0 radical (unpaired) electrons. The van der Waals surface area contributed by atoms with Gasteiger partial charge in [-0.05, 0) is 38.1 Å². The van der Waals surface area contributed by atoms with Crippen LogP contribution in [0.25, 0.3) is 12.2 Å². The Labute approximate surface area is 187 Å². The first-order valence-electron chi connectivity index (χ1n) is 10.2. The molecule has 0 aliphatic carbocycles. The van der Waals surface area contributed by atoms with Gasteiger partial charge in [0.1, 0.15) is 11.5 Å². The van der Waals surface area contributed by atoms with Crippen LogP contribution < -0.4 is 9.47 Å². The van der Waals surface area contributed by atoms with Gasteiger partial charge in [0.25, 0.3) is 0 Å². The third kappa shape index (κ3) is 8.47. The van der Waals surface area contributed by atoms with Crippen molar-refractivity contribution >= 4 is 29.9 Å². The van der Waals surface area contributed by atoms with Crippen molar-refractivity contribution in [3.63, 3.8) is 0 Å². The number of hydrogen-bond acceptors (Lipinski definition) is 7. The number of carbonyl (C=O) groups is 3. The van der Waals surface area contributed by atoms with Crippen LogP contribution in [0, 0.1) is 0 Å². The Morgan fingerprint density at radius 3 is 1.50 bits per heavy atom. The largest absolute Gasteiger partial charge is 0.493 e. The van der Waals surface area contributed by atoms with E-state index in [1.165, 1.54) is 12.2 Å². The predicted molar refractivity (Wildman–Crippen MR) is 120 cm³/mol. The van der Waals surface area contributed by atoms with Crippen molar-refractivity contribution in [3.8, 4) is 11.5 Å². The van der Waals surface area contributed by atoms with Gasteiger partial charge < -0.3 is 18.9 Å². The summed E-state index contributed by atoms with van der Waals surface area (Å²) in [5, 5.41) is 0. The molecule has 7 heteroatoms. The van der Waals surface area contributed by atoms with Crippen molar-refractivity contribution in [1.82, 2.24) is 0 Å². The lowest BCUT2D eigenvalue weighted by Crippen LogP contribution is -2.19. The Morgan fingerprint density at radius 2 is 1.09 bits per heavy atom. The van der Waals surface area contributed by atoms with Crippen LogP contribution in [0.2, 0.25) is 0 Å². The summed E-state index contributed by atoms with van der Waals surface area (Å²) in [4.78, 5) is 35.5. The maximum atomic E-state index is 11.8. The van der Waals surface area contributed by atoms with Crippen molar-refractivity contribution in [2.45, 2.75) is 13.8 Å². The maximum absolute atomic E-state index is 11.8. The van der Waals surface area contributed by atoms with E-state index in [2.05, 4.69) is 0 Å². The summed E-state index contributed by atoms with van der Waals surface area (Å²) in [6.07, 6.45) is 5.50. The van der Waals surface area contributed by atoms with Gasteiger partial charge in [-0.2, -0.15) is 0 Å². The highest BCUT2D eigenvalue weighted by Crippen LogP contribution is 2.20. The van der Waals surface area contributed by atoms with Crippen LogP contribution in [0.15, 0.2) is 60.7 Å². The molecule has 0 aliphatic heterocycles. The zero-order valence-corrected chi connectivity index (χ0v) is 18.1. The maximum Gasteiger partial charge on any atom is 0.331 e. The minimum absolute atomic E-state index is 0.497. The normalized spacial score (nSPS) is 10.8. The minimum Gasteiger partial charge on any atom is -0.493 e. The zero-order chi connectivity index (χ0) is 23.2. The highest BCUT2D eigenvalue weighted by atomic mass is 16.6. The Morgan fingerprint density at radius 1 is 0.688 bits per heavy atom. The molecule has 2 aromatic carbocycles. The van der Waals surface area contributed by atoms with E-state index in [-0.39, 0.29) is 0 Å². The molecular weight excluding hydrogens is 412 g/mol. The lowest BCUT2D eigenvalue weighted by molar-refractivity contribution is -0.148. The van der Waals surface area contributed by atoms with Gasteiger partial charge in [0.2, 0.25) is 5.78 Å². The van der Waals surface area contributed by atoms with E-state index in [4.69, 9.17) is 18.9 Å². The number of para-hydroxylation sites is 2. The number of carbonyl (C=O) groups excluding carboxylic acids is 3. The molecule has 0 aliphatic rings. The second-order valence-corrected chi connectivity index (χ2v) is 6.36. The molecule has 0 atom stereocenters. The first-order valence-corrected chi connectivity index (χ1v) is 10.2. The van der Waals surface area contributed by atoms with Crippen LogP contribution in [0.1, 0.15) is 25.0 Å². The molecule has 0 spiro atoms. The second kappa shape index (κ2) is 13.4. The summed E-state index contributed by atoms with van der Waals surface area (Å²) < 4.78 is 20.7. The summed E-state index contributed by atoms with van der Waals surface area (Å²) in [6, 6.07) is 14.4. The summed E-state index contributed by atoms with van der Waals surface area (Å²) >= 11 is 0. The average molecular weight is 438 g/mol. The van der Waals surface area contributed by atoms with Gasteiger partial charge in [0.15, 0.2) is 13.2 Å². The molecule has 168 valence electrons. The zero-order valence-electron chi connectivity index (χ0n) is 18.1. The molecule has 0 saturated heterocycles. The van der Waals surface area contributed by atoms with Gasteiger partial charge in [0.05, 0.1) is 13.2 Å². The number of benzene rings is 2. The number of Topliss-reactive ketones (excluding diaryl/α,β-unsaturated/α-hetero) is 1. The third-order valence-corrected chi connectivity index (χ3v) is 3.99. The van der Waals surface area contributed by atoms with Crippen molar-refractivity contribution in [2.75, 3.05) is 26.4 Å². The van der Waals surface area contributed by atoms with Gasteiger partial charge in [0, 0.05) is 23.3 Å². The minimum atomic E-state index is -0.691. The average Bonchev–Trinajstić information content (AvgIpc) is 2.80. The molecule has 0 N–H and O–H groups in total. The van der Waals surface area contributed by atoms with Crippen molar-refractivity contribution in [2.24, 2.45) is 0 Å². The predicted octanol–water partition coefficient (Wildman–Crippen LogP) is 3.87. The van der Waals surface area contributed by atoms with Crippen molar-refractivity contribution in [3.05, 3.63) is 71.8 Å². The number of hydrogen-bond donors (Lipinski definition) is 0. The van der Waals surface area contributed by atoms with Gasteiger partial charge in [-0.25, -0.2) is 9.59 Å². The molecule has 0 heterocycles. The molecule has 32 heavy (non-hydrogen) atoms. The SMILES string of the molecule is CCOc1ccccc1/C=C/C(=O)OCC(=O)COC(=O)/C=C/c1ccccc1OCC. The molecule has 0 bridgehead atoms. The Kier molecular flexibility index (Phi) is 10.2. The summed E-state index contributed by atoms with van der Waals surface area (Å²) in [5.41, 5.74) is 1.42. The van der Waals surface area contributed by atoms with Gasteiger partial charge in [-0.15, -0.1) is 0 Å². The number of ketones is 1. The monoisotopic (exact) mass is 438 g/mol. The molecule has 2 rings (SSSR count). The Balaban J connectivity index is 1.76. The number of ether oxygens (including phenoxy) is 4. The summed E-state index contributed by atoms with van der Waals surface area (Å²) in [6.45, 7) is 3.72. The second-order valence-electron chi connectivity index (χ2n) is 6.36. The molecule has 0 aromatic heterocycles. The van der Waals surface area contributed by atoms with Crippen LogP contribution >= 0.6 is 0 Å². The molecule has 0 saturated carbocycles. The van der Waals surface area contributed by atoms with Crippen LogP contribution in [-0.4, -0.2) is 44.1 Å². The van der Waals surface area contributed by atoms with Crippen LogP contribution in [0.3, 0.4) is 0 Å². The third-order valence-electron chi connectivity index (χ3n) is 3.99. The summed E-state index contributed by atoms with van der Waals surface area (Å²) in [7, 11) is 0. The van der Waals surface area contributed by atoms with Crippen molar-refractivity contribution < 1.29 is 33.3 Å². The topological polar surface area (TPSA) is 88.1 Å². The fourth-order valence-corrected chi connectivity index (χ4v) is 2.57. The lowest BCUT2D eigenvalue weighted by atomic mass is 10.2. The van der Waals surface area contributed by atoms with E-state index in [9.17, 15) is 14.4 Å². The summed E-state index contributed by atoms with van der Waals surface area (Å²) in [5.74, 6) is -0.650. The van der Waals surface area contributed by atoms with E-state index < -0.39 is 30.9 Å². The molecular formula is C25H26O7. The molecule has 2 aromatic rings. The fraction of sp³-hybridized carbons (Fsp3) is 0.240. The smallest absolute Gasteiger partial charge is 0.331 e. The van der Waals surface area contributed by atoms with Gasteiger partial charge in [-0.1, -0.05) is 36.4 Å². The Hall–Kier alpha value is -3.87. The molecule has 7 nitrogen and oxygen atoms in total. The van der Waals surface area contributed by atoms with Crippen molar-refractivity contribution in [1.29, 1.82) is 0 Å². The van der Waals surface area contributed by atoms with Crippen LogP contribution in [0.4, 0.5) is 0 Å². The van der Waals surface area contributed by atoms with Crippen LogP contribution in [0.5, 0.6) is 11.5 Å².